The Labute approximate surface area is 128 Å². The molecule has 0 atom stereocenters. The van der Waals surface area contributed by atoms with Gasteiger partial charge in [0.1, 0.15) is 0 Å². The van der Waals surface area contributed by atoms with Gasteiger partial charge in [-0.1, -0.05) is 12.1 Å². The largest absolute Gasteiger partial charge is 0.341 e. The Kier molecular flexibility index (Phi) is 3.94. The van der Waals surface area contributed by atoms with E-state index in [4.69, 9.17) is 0 Å². The second-order valence-electron chi connectivity index (χ2n) is 5.04. The molecule has 8 nitrogen and oxygen atoms in total. The third-order valence-corrected chi connectivity index (χ3v) is 3.60. The molecule has 1 aliphatic heterocycles. The van der Waals surface area contributed by atoms with E-state index in [1.165, 1.54) is 19.0 Å². The van der Waals surface area contributed by atoms with E-state index in [2.05, 4.69) is 21.3 Å². The molecule has 118 valence electrons. The molecule has 4 N–H and O–H groups in total. The number of carbonyl (C=O) groups excluding carboxylic acids is 3. The summed E-state index contributed by atoms with van der Waals surface area (Å²) in [6.07, 6.45) is 0. The van der Waals surface area contributed by atoms with Crippen molar-refractivity contribution in [3.05, 3.63) is 29.3 Å². The summed E-state index contributed by atoms with van der Waals surface area (Å²) in [5.74, 6) is -0.444. The Morgan fingerprint density at radius 2 is 1.64 bits per heavy atom. The second-order valence-corrected chi connectivity index (χ2v) is 5.04. The first-order chi connectivity index (χ1) is 10.4. The van der Waals surface area contributed by atoms with E-state index in [-0.39, 0.29) is 0 Å². The van der Waals surface area contributed by atoms with Crippen molar-refractivity contribution in [2.75, 3.05) is 26.0 Å². The van der Waals surface area contributed by atoms with Crippen molar-refractivity contribution in [3.63, 3.8) is 0 Å². The molecule has 2 rings (SSSR count). The number of anilines is 1. The lowest BCUT2D eigenvalue weighted by molar-refractivity contribution is -0.124. The van der Waals surface area contributed by atoms with Gasteiger partial charge in [0.25, 0.3) is 5.91 Å². The highest BCUT2D eigenvalue weighted by molar-refractivity contribution is 6.10. The number of fused-ring (bicyclic) bond motifs is 1. The Morgan fingerprint density at radius 3 is 2.14 bits per heavy atom. The molecule has 1 aliphatic rings. The zero-order chi connectivity index (χ0) is 16.5. The van der Waals surface area contributed by atoms with Crippen molar-refractivity contribution >= 4 is 23.7 Å². The maximum absolute atomic E-state index is 12.7. The summed E-state index contributed by atoms with van der Waals surface area (Å²) in [5.41, 5.74) is 0.475. The predicted octanol–water partition coefficient (Wildman–Crippen LogP) is -0.0178. The van der Waals surface area contributed by atoms with Gasteiger partial charge in [-0.2, -0.15) is 0 Å². The summed E-state index contributed by atoms with van der Waals surface area (Å²) in [6, 6.07) is 4.21. The monoisotopic (exact) mass is 305 g/mol. The molecular formula is C14H19N5O3. The topological polar surface area (TPSA) is 103 Å². The van der Waals surface area contributed by atoms with Crippen LogP contribution >= 0.6 is 0 Å². The average Bonchev–Trinajstić information content (AvgIpc) is 2.69. The molecule has 0 aliphatic carbocycles. The normalized spacial score (nSPS) is 15.1. The van der Waals surface area contributed by atoms with Crippen LogP contribution < -0.4 is 26.2 Å². The van der Waals surface area contributed by atoms with Crippen molar-refractivity contribution < 1.29 is 14.4 Å². The molecule has 1 aromatic carbocycles. The van der Waals surface area contributed by atoms with Gasteiger partial charge < -0.3 is 26.2 Å². The minimum absolute atomic E-state index is 0.444. The number of nitrogens with one attached hydrogen (secondary N) is 4. The highest BCUT2D eigenvalue weighted by Gasteiger charge is 2.52. The zero-order valence-corrected chi connectivity index (χ0v) is 12.9. The molecule has 0 saturated heterocycles. The number of urea groups is 2. The fraction of sp³-hybridized carbons (Fsp3) is 0.357. The summed E-state index contributed by atoms with van der Waals surface area (Å²) >= 11 is 0. The van der Waals surface area contributed by atoms with Gasteiger partial charge in [0.2, 0.25) is 5.66 Å². The smallest absolute Gasteiger partial charge is 0.317 e. The Balaban J connectivity index is 2.59. The number of hydrogen-bond acceptors (Lipinski definition) is 3. The molecule has 0 spiro atoms. The number of nitrogens with zero attached hydrogens (tertiary/aromatic N) is 1. The number of benzene rings is 1. The molecule has 8 heteroatoms. The van der Waals surface area contributed by atoms with Crippen LogP contribution in [0.5, 0.6) is 0 Å². The molecule has 0 unspecified atom stereocenters. The van der Waals surface area contributed by atoms with Crippen molar-refractivity contribution in [3.8, 4) is 0 Å². The van der Waals surface area contributed by atoms with Crippen LogP contribution in [0.3, 0.4) is 0 Å². The summed E-state index contributed by atoms with van der Waals surface area (Å²) in [5, 5.41) is 9.89. The zero-order valence-electron chi connectivity index (χ0n) is 12.9. The lowest BCUT2D eigenvalue weighted by Crippen LogP contribution is -2.65. The Morgan fingerprint density at radius 1 is 1.09 bits per heavy atom. The summed E-state index contributed by atoms with van der Waals surface area (Å²) in [7, 11) is 4.46. The third kappa shape index (κ3) is 2.32. The Hall–Kier alpha value is -2.77. The summed E-state index contributed by atoms with van der Waals surface area (Å²) in [4.78, 5) is 37.8. The molecule has 0 fully saturated rings. The van der Waals surface area contributed by atoms with Crippen LogP contribution in [0.15, 0.2) is 18.2 Å². The number of carbonyl (C=O) groups is 3. The van der Waals surface area contributed by atoms with E-state index < -0.39 is 23.6 Å². The molecule has 0 saturated carbocycles. The van der Waals surface area contributed by atoms with Crippen LogP contribution in [0.1, 0.15) is 11.1 Å². The maximum atomic E-state index is 12.7. The first-order valence-electron chi connectivity index (χ1n) is 6.74. The van der Waals surface area contributed by atoms with Gasteiger partial charge in [0.15, 0.2) is 0 Å². The minimum Gasteiger partial charge on any atom is -0.341 e. The SMILES string of the molecule is CNC(=O)NC1(NC(=O)NC)C(=O)N(C)c2cc(C)ccc21. The van der Waals surface area contributed by atoms with Crippen LogP contribution in [-0.2, 0) is 10.5 Å². The standard InChI is InChI=1S/C14H19N5O3/c1-8-5-6-9-10(7-8)19(4)11(20)14(9,17-12(21)15-2)18-13(22)16-3/h5-7H,1-4H3,(H2,15,17,21)(H2,16,18,22). The Bertz CT molecular complexity index is 625. The average molecular weight is 305 g/mol. The summed E-state index contributed by atoms with van der Waals surface area (Å²) < 4.78 is 0. The highest BCUT2D eigenvalue weighted by Crippen LogP contribution is 2.38. The number of amides is 5. The van der Waals surface area contributed by atoms with E-state index >= 15 is 0 Å². The lowest BCUT2D eigenvalue weighted by Gasteiger charge is -2.30. The van der Waals surface area contributed by atoms with Crippen LogP contribution in [0, 0.1) is 6.92 Å². The van der Waals surface area contributed by atoms with Gasteiger partial charge in [0.05, 0.1) is 5.69 Å². The molecular weight excluding hydrogens is 286 g/mol. The van der Waals surface area contributed by atoms with E-state index in [0.29, 0.717) is 11.3 Å². The molecule has 1 heterocycles. The van der Waals surface area contributed by atoms with E-state index in [0.717, 1.165) is 5.56 Å². The molecule has 0 radical (unpaired) electrons. The molecule has 1 aromatic rings. The van der Waals surface area contributed by atoms with Gasteiger partial charge in [-0.15, -0.1) is 0 Å². The fourth-order valence-corrected chi connectivity index (χ4v) is 2.45. The highest BCUT2D eigenvalue weighted by atomic mass is 16.2. The molecule has 5 amide bonds. The number of rotatable bonds is 2. The predicted molar refractivity (Wildman–Crippen MR) is 81.4 cm³/mol. The third-order valence-electron chi connectivity index (χ3n) is 3.60. The lowest BCUT2D eigenvalue weighted by atomic mass is 9.99. The summed E-state index contributed by atoms with van der Waals surface area (Å²) in [6.45, 7) is 1.90. The van der Waals surface area contributed by atoms with Crippen molar-refractivity contribution in [2.45, 2.75) is 12.6 Å². The van der Waals surface area contributed by atoms with Gasteiger partial charge in [-0.3, -0.25) is 4.79 Å². The van der Waals surface area contributed by atoms with Gasteiger partial charge in [0, 0.05) is 26.7 Å². The number of aryl methyl sites for hydroxylation is 1. The molecule has 0 aromatic heterocycles. The van der Waals surface area contributed by atoms with E-state index in [1.54, 1.807) is 13.1 Å². The maximum Gasteiger partial charge on any atom is 0.317 e. The van der Waals surface area contributed by atoms with Gasteiger partial charge in [-0.25, -0.2) is 9.59 Å². The van der Waals surface area contributed by atoms with Crippen LogP contribution in [0.25, 0.3) is 0 Å². The molecule has 0 bridgehead atoms. The number of likely N-dealkylation sites (N-methyl/N-ethyl adjacent to an activating group) is 1. The van der Waals surface area contributed by atoms with Gasteiger partial charge >= 0.3 is 12.1 Å². The van der Waals surface area contributed by atoms with Crippen molar-refractivity contribution in [1.29, 1.82) is 0 Å². The first-order valence-corrected chi connectivity index (χ1v) is 6.74. The number of hydrogen-bond donors (Lipinski definition) is 4. The van der Waals surface area contributed by atoms with Crippen LogP contribution in [0.4, 0.5) is 15.3 Å². The van der Waals surface area contributed by atoms with Gasteiger partial charge in [-0.05, 0) is 18.6 Å². The van der Waals surface area contributed by atoms with E-state index in [9.17, 15) is 14.4 Å². The van der Waals surface area contributed by atoms with Crippen molar-refractivity contribution in [1.82, 2.24) is 21.3 Å². The molecule has 22 heavy (non-hydrogen) atoms. The van der Waals surface area contributed by atoms with Crippen LogP contribution in [-0.4, -0.2) is 39.1 Å². The van der Waals surface area contributed by atoms with Crippen LogP contribution in [0.2, 0.25) is 0 Å². The minimum atomic E-state index is -1.64. The fourth-order valence-electron chi connectivity index (χ4n) is 2.45. The quantitative estimate of drug-likeness (QED) is 0.578. The van der Waals surface area contributed by atoms with Crippen molar-refractivity contribution in [2.24, 2.45) is 0 Å². The first kappa shape index (κ1) is 15.6. The van der Waals surface area contributed by atoms with E-state index in [1.807, 2.05) is 19.1 Å². The second kappa shape index (κ2) is 5.55.